The zero-order valence-electron chi connectivity index (χ0n) is 8.99. The van der Waals surface area contributed by atoms with Gasteiger partial charge in [-0.25, -0.2) is 4.79 Å². The molecular weight excluding hydrogens is 186 g/mol. The third kappa shape index (κ3) is 5.40. The smallest absolute Gasteiger partial charge is 0.435 e. The quantitative estimate of drug-likeness (QED) is 0.694. The highest BCUT2D eigenvalue weighted by atomic mass is 16.7. The third-order valence-electron chi connectivity index (χ3n) is 1.34. The van der Waals surface area contributed by atoms with Gasteiger partial charge in [-0.15, -0.1) is 0 Å². The van der Waals surface area contributed by atoms with Crippen LogP contribution in [-0.2, 0) is 14.3 Å². The van der Waals surface area contributed by atoms with Gasteiger partial charge < -0.3 is 14.8 Å². The summed E-state index contributed by atoms with van der Waals surface area (Å²) in [5.41, 5.74) is 0. The van der Waals surface area contributed by atoms with Crippen molar-refractivity contribution in [3.05, 3.63) is 0 Å². The summed E-state index contributed by atoms with van der Waals surface area (Å²) in [5, 5.41) is 2.62. The predicted octanol–water partition coefficient (Wildman–Crippen LogP) is 1.07. The molecule has 0 spiro atoms. The van der Waals surface area contributed by atoms with Gasteiger partial charge in [0.15, 0.2) is 6.10 Å². The van der Waals surface area contributed by atoms with Crippen molar-refractivity contribution in [2.45, 2.75) is 39.8 Å². The Morgan fingerprint density at radius 2 is 1.86 bits per heavy atom. The molecule has 0 radical (unpaired) electrons. The second-order valence-corrected chi connectivity index (χ2v) is 3.11. The Kier molecular flexibility index (Phi) is 5.67. The fourth-order valence-electron chi connectivity index (χ4n) is 0.752. The molecule has 0 bridgehead atoms. The van der Waals surface area contributed by atoms with Crippen molar-refractivity contribution in [1.29, 1.82) is 0 Å². The fraction of sp³-hybridized carbons (Fsp3) is 0.778. The number of nitrogens with one attached hydrogen (secondary N) is 1. The minimum atomic E-state index is -0.823. The van der Waals surface area contributed by atoms with E-state index in [1.807, 2.05) is 13.8 Å². The average Bonchev–Trinajstić information content (AvgIpc) is 2.02. The molecule has 0 aromatic carbocycles. The number of rotatable bonds is 4. The molecule has 0 saturated carbocycles. The first kappa shape index (κ1) is 12.7. The third-order valence-corrected chi connectivity index (χ3v) is 1.34. The van der Waals surface area contributed by atoms with Crippen molar-refractivity contribution in [2.24, 2.45) is 0 Å². The average molecular weight is 203 g/mol. The normalized spacial score (nSPS) is 12.1. The maximum absolute atomic E-state index is 11.2. The monoisotopic (exact) mass is 203 g/mol. The maximum atomic E-state index is 11.2. The van der Waals surface area contributed by atoms with E-state index in [1.165, 1.54) is 6.92 Å². The molecule has 0 aliphatic heterocycles. The van der Waals surface area contributed by atoms with Crippen LogP contribution in [0.3, 0.4) is 0 Å². The molecule has 1 amide bonds. The molecule has 0 saturated heterocycles. The van der Waals surface area contributed by atoms with Gasteiger partial charge >= 0.3 is 6.16 Å². The highest BCUT2D eigenvalue weighted by Gasteiger charge is 2.18. The summed E-state index contributed by atoms with van der Waals surface area (Å²) in [6.07, 6.45) is -1.64. The van der Waals surface area contributed by atoms with Crippen LogP contribution in [0.5, 0.6) is 0 Å². The molecule has 82 valence electrons. The second-order valence-electron chi connectivity index (χ2n) is 3.11. The first-order chi connectivity index (χ1) is 6.47. The van der Waals surface area contributed by atoms with E-state index in [0.717, 1.165) is 0 Å². The van der Waals surface area contributed by atoms with Gasteiger partial charge in [-0.3, -0.25) is 4.79 Å². The molecule has 0 heterocycles. The van der Waals surface area contributed by atoms with Crippen LogP contribution in [0.4, 0.5) is 4.79 Å². The van der Waals surface area contributed by atoms with Crippen molar-refractivity contribution >= 4 is 12.1 Å². The standard InChI is InChI=1S/C9H17NO4/c1-5-13-9(12)14-7(4)8(11)10-6(2)3/h6-7H,5H2,1-4H3,(H,10,11). The molecule has 0 aliphatic rings. The van der Waals surface area contributed by atoms with E-state index in [-0.39, 0.29) is 18.6 Å². The summed E-state index contributed by atoms with van der Waals surface area (Å²) in [6, 6.07) is 0.0238. The maximum Gasteiger partial charge on any atom is 0.509 e. The highest BCUT2D eigenvalue weighted by Crippen LogP contribution is 1.95. The summed E-state index contributed by atoms with van der Waals surface area (Å²) < 4.78 is 9.21. The van der Waals surface area contributed by atoms with Crippen molar-refractivity contribution in [1.82, 2.24) is 5.32 Å². The van der Waals surface area contributed by atoms with Crippen LogP contribution in [-0.4, -0.2) is 30.8 Å². The number of hydrogen-bond acceptors (Lipinski definition) is 4. The Morgan fingerprint density at radius 3 is 2.29 bits per heavy atom. The highest BCUT2D eigenvalue weighted by molar-refractivity contribution is 5.82. The number of hydrogen-bond donors (Lipinski definition) is 1. The van der Waals surface area contributed by atoms with Gasteiger partial charge in [0, 0.05) is 6.04 Å². The molecule has 0 fully saturated rings. The first-order valence-electron chi connectivity index (χ1n) is 4.61. The predicted molar refractivity (Wildman–Crippen MR) is 50.8 cm³/mol. The van der Waals surface area contributed by atoms with Crippen molar-refractivity contribution in [3.8, 4) is 0 Å². The van der Waals surface area contributed by atoms with Gasteiger partial charge in [0.2, 0.25) is 0 Å². The largest absolute Gasteiger partial charge is 0.509 e. The molecule has 0 rings (SSSR count). The Balaban J connectivity index is 3.88. The molecule has 1 atom stereocenters. The lowest BCUT2D eigenvalue weighted by molar-refractivity contribution is -0.130. The van der Waals surface area contributed by atoms with Gasteiger partial charge in [0.05, 0.1) is 6.61 Å². The Morgan fingerprint density at radius 1 is 1.29 bits per heavy atom. The number of amides is 1. The summed E-state index contributed by atoms with van der Waals surface area (Å²) in [6.45, 7) is 7.05. The molecule has 0 aliphatic carbocycles. The molecule has 14 heavy (non-hydrogen) atoms. The molecular formula is C9H17NO4. The van der Waals surface area contributed by atoms with E-state index in [2.05, 4.69) is 14.8 Å². The molecule has 1 N–H and O–H groups in total. The van der Waals surface area contributed by atoms with E-state index in [1.54, 1.807) is 6.92 Å². The minimum absolute atomic E-state index is 0.0238. The molecule has 5 nitrogen and oxygen atoms in total. The van der Waals surface area contributed by atoms with Gasteiger partial charge in [0.25, 0.3) is 5.91 Å². The van der Waals surface area contributed by atoms with Crippen LogP contribution in [0.1, 0.15) is 27.7 Å². The summed E-state index contributed by atoms with van der Waals surface area (Å²) in [4.78, 5) is 22.1. The van der Waals surface area contributed by atoms with Crippen LogP contribution in [0.2, 0.25) is 0 Å². The molecule has 5 heteroatoms. The SMILES string of the molecule is CCOC(=O)OC(C)C(=O)NC(C)C. The van der Waals surface area contributed by atoms with E-state index < -0.39 is 12.3 Å². The number of carbonyl (C=O) groups is 2. The van der Waals surface area contributed by atoms with Crippen LogP contribution < -0.4 is 5.32 Å². The van der Waals surface area contributed by atoms with Gasteiger partial charge in [-0.1, -0.05) is 0 Å². The lowest BCUT2D eigenvalue weighted by Crippen LogP contribution is -2.39. The minimum Gasteiger partial charge on any atom is -0.435 e. The van der Waals surface area contributed by atoms with Gasteiger partial charge in [0.1, 0.15) is 0 Å². The first-order valence-corrected chi connectivity index (χ1v) is 4.61. The van der Waals surface area contributed by atoms with Crippen molar-refractivity contribution in [2.75, 3.05) is 6.61 Å². The van der Waals surface area contributed by atoms with Gasteiger partial charge in [-0.05, 0) is 27.7 Å². The van der Waals surface area contributed by atoms with Crippen LogP contribution >= 0.6 is 0 Å². The summed E-state index contributed by atoms with van der Waals surface area (Å²) in [7, 11) is 0. The fourth-order valence-corrected chi connectivity index (χ4v) is 0.752. The van der Waals surface area contributed by atoms with Crippen molar-refractivity contribution in [3.63, 3.8) is 0 Å². The summed E-state index contributed by atoms with van der Waals surface area (Å²) in [5.74, 6) is -0.326. The van der Waals surface area contributed by atoms with Crippen LogP contribution in [0.25, 0.3) is 0 Å². The lowest BCUT2D eigenvalue weighted by atomic mass is 10.3. The number of carbonyl (C=O) groups excluding carboxylic acids is 2. The zero-order valence-corrected chi connectivity index (χ0v) is 8.99. The molecule has 0 aromatic heterocycles. The Bertz CT molecular complexity index is 203. The Hall–Kier alpha value is -1.26. The topological polar surface area (TPSA) is 64.6 Å². The van der Waals surface area contributed by atoms with Gasteiger partial charge in [-0.2, -0.15) is 0 Å². The Labute approximate surface area is 83.8 Å². The van der Waals surface area contributed by atoms with Crippen molar-refractivity contribution < 1.29 is 19.1 Å². The number of ether oxygens (including phenoxy) is 2. The molecule has 1 unspecified atom stereocenters. The van der Waals surface area contributed by atoms with E-state index in [0.29, 0.717) is 0 Å². The van der Waals surface area contributed by atoms with Crippen LogP contribution in [0, 0.1) is 0 Å². The molecule has 0 aromatic rings. The van der Waals surface area contributed by atoms with E-state index in [9.17, 15) is 9.59 Å². The van der Waals surface area contributed by atoms with Crippen LogP contribution in [0.15, 0.2) is 0 Å². The second kappa shape index (κ2) is 6.23. The van der Waals surface area contributed by atoms with E-state index in [4.69, 9.17) is 0 Å². The summed E-state index contributed by atoms with van der Waals surface area (Å²) >= 11 is 0. The zero-order chi connectivity index (χ0) is 11.1. The van der Waals surface area contributed by atoms with E-state index >= 15 is 0 Å². The lowest BCUT2D eigenvalue weighted by Gasteiger charge is -2.14.